The van der Waals surface area contributed by atoms with Crippen LogP contribution in [-0.4, -0.2) is 28.6 Å². The first kappa shape index (κ1) is 18.3. The van der Waals surface area contributed by atoms with Crippen LogP contribution in [-0.2, 0) is 13.1 Å². The lowest BCUT2D eigenvalue weighted by atomic mass is 10.2. The Balaban J connectivity index is 1.73. The van der Waals surface area contributed by atoms with Crippen molar-refractivity contribution in [3.63, 3.8) is 0 Å². The second-order valence-electron chi connectivity index (χ2n) is 5.62. The Morgan fingerprint density at radius 1 is 1.21 bits per heavy atom. The van der Waals surface area contributed by atoms with E-state index in [1.54, 1.807) is 0 Å². The predicted molar refractivity (Wildman–Crippen MR) is 100 cm³/mol. The number of benzene rings is 1. The molecule has 1 aromatic heterocycles. The van der Waals surface area contributed by atoms with Crippen molar-refractivity contribution in [2.45, 2.75) is 39.8 Å². The van der Waals surface area contributed by atoms with Gasteiger partial charge in [-0.1, -0.05) is 23.7 Å². The molecule has 1 heterocycles. The summed E-state index contributed by atoms with van der Waals surface area (Å²) in [6.07, 6.45) is 6.07. The van der Waals surface area contributed by atoms with E-state index in [1.165, 1.54) is 0 Å². The van der Waals surface area contributed by atoms with Crippen LogP contribution in [0.1, 0.15) is 31.2 Å². The molecule has 0 aliphatic carbocycles. The highest BCUT2D eigenvalue weighted by atomic mass is 35.5. The van der Waals surface area contributed by atoms with Crippen LogP contribution >= 0.6 is 11.6 Å². The van der Waals surface area contributed by atoms with E-state index in [-0.39, 0.29) is 0 Å². The molecule has 0 saturated carbocycles. The molecular formula is C18H26ClN5. The van der Waals surface area contributed by atoms with Crippen molar-refractivity contribution in [1.29, 1.82) is 0 Å². The minimum atomic E-state index is 0.640. The van der Waals surface area contributed by atoms with Crippen LogP contribution in [0.3, 0.4) is 0 Å². The predicted octanol–water partition coefficient (Wildman–Crippen LogP) is 3.38. The summed E-state index contributed by atoms with van der Waals surface area (Å²) in [5.74, 6) is 1.92. The number of nitrogens with zero attached hydrogens (tertiary/aromatic N) is 3. The highest BCUT2D eigenvalue weighted by molar-refractivity contribution is 6.30. The molecule has 24 heavy (non-hydrogen) atoms. The summed E-state index contributed by atoms with van der Waals surface area (Å²) in [7, 11) is 0. The van der Waals surface area contributed by atoms with E-state index in [1.807, 2.05) is 43.6 Å². The monoisotopic (exact) mass is 347 g/mol. The number of halogens is 1. The van der Waals surface area contributed by atoms with E-state index >= 15 is 0 Å². The largest absolute Gasteiger partial charge is 0.357 e. The Bertz CT molecular complexity index is 633. The van der Waals surface area contributed by atoms with Gasteiger partial charge in [0.05, 0.1) is 6.54 Å². The first-order valence-electron chi connectivity index (χ1n) is 8.43. The summed E-state index contributed by atoms with van der Waals surface area (Å²) in [5, 5.41) is 7.41. The maximum atomic E-state index is 5.90. The first-order chi connectivity index (χ1) is 11.7. The Morgan fingerprint density at radius 3 is 2.67 bits per heavy atom. The number of imidazole rings is 1. The maximum Gasteiger partial charge on any atom is 0.191 e. The molecule has 0 unspecified atom stereocenters. The Morgan fingerprint density at radius 2 is 2.00 bits per heavy atom. The molecule has 0 aliphatic rings. The van der Waals surface area contributed by atoms with Crippen molar-refractivity contribution in [3.05, 3.63) is 53.1 Å². The zero-order chi connectivity index (χ0) is 17.2. The quantitative estimate of drug-likeness (QED) is 0.437. The van der Waals surface area contributed by atoms with Gasteiger partial charge in [0.2, 0.25) is 0 Å². The van der Waals surface area contributed by atoms with Gasteiger partial charge in [-0.25, -0.2) is 9.98 Å². The van der Waals surface area contributed by atoms with Crippen LogP contribution in [0.5, 0.6) is 0 Å². The van der Waals surface area contributed by atoms with Crippen molar-refractivity contribution in [3.8, 4) is 0 Å². The van der Waals surface area contributed by atoms with Gasteiger partial charge in [-0.3, -0.25) is 0 Å². The van der Waals surface area contributed by atoms with Gasteiger partial charge in [-0.05, 0) is 44.4 Å². The topological polar surface area (TPSA) is 54.2 Å². The second-order valence-corrected chi connectivity index (χ2v) is 6.06. The zero-order valence-electron chi connectivity index (χ0n) is 14.4. The first-order valence-corrected chi connectivity index (χ1v) is 8.81. The molecule has 5 nitrogen and oxygen atoms in total. The number of nitrogens with one attached hydrogen (secondary N) is 2. The van der Waals surface area contributed by atoms with Crippen LogP contribution in [0.15, 0.2) is 41.7 Å². The Kier molecular flexibility index (Phi) is 7.62. The van der Waals surface area contributed by atoms with Gasteiger partial charge in [-0.15, -0.1) is 0 Å². The molecule has 6 heteroatoms. The fourth-order valence-corrected chi connectivity index (χ4v) is 2.48. The molecule has 0 atom stereocenters. The molecule has 0 bridgehead atoms. The number of hydrogen-bond donors (Lipinski definition) is 2. The minimum Gasteiger partial charge on any atom is -0.357 e. The normalized spacial score (nSPS) is 11.5. The standard InChI is InChI=1S/C18H26ClN5/c1-3-20-18(23-14-16-6-8-17(19)9-7-16)22-10-4-5-12-24-13-11-21-15(24)2/h6-9,11,13H,3-5,10,12,14H2,1-2H3,(H2,20,22,23). The van der Waals surface area contributed by atoms with E-state index < -0.39 is 0 Å². The van der Waals surface area contributed by atoms with Gasteiger partial charge in [0.25, 0.3) is 0 Å². The fraction of sp³-hybridized carbons (Fsp3) is 0.444. The van der Waals surface area contributed by atoms with Crippen molar-refractivity contribution in [2.24, 2.45) is 4.99 Å². The minimum absolute atomic E-state index is 0.640. The molecule has 1 aromatic carbocycles. The highest BCUT2D eigenvalue weighted by Gasteiger charge is 1.99. The zero-order valence-corrected chi connectivity index (χ0v) is 15.2. The molecule has 2 rings (SSSR count). The number of aliphatic imine (C=N–C) groups is 1. The molecule has 2 N–H and O–H groups in total. The van der Waals surface area contributed by atoms with Crippen molar-refractivity contribution >= 4 is 17.6 Å². The third kappa shape index (κ3) is 6.24. The van der Waals surface area contributed by atoms with Crippen molar-refractivity contribution < 1.29 is 0 Å². The second kappa shape index (κ2) is 9.98. The molecule has 130 valence electrons. The lowest BCUT2D eigenvalue weighted by Gasteiger charge is -2.11. The van der Waals surface area contributed by atoms with E-state index in [0.717, 1.165) is 54.8 Å². The SMILES string of the molecule is CCNC(=NCc1ccc(Cl)cc1)NCCCCn1ccnc1C. The van der Waals surface area contributed by atoms with E-state index in [9.17, 15) is 0 Å². The summed E-state index contributed by atoms with van der Waals surface area (Å²) >= 11 is 5.90. The highest BCUT2D eigenvalue weighted by Crippen LogP contribution is 2.10. The summed E-state index contributed by atoms with van der Waals surface area (Å²) in [5.41, 5.74) is 1.15. The van der Waals surface area contributed by atoms with Gasteiger partial charge in [0.1, 0.15) is 5.82 Å². The van der Waals surface area contributed by atoms with Gasteiger partial charge < -0.3 is 15.2 Å². The number of aromatic nitrogens is 2. The van der Waals surface area contributed by atoms with Crippen molar-refractivity contribution in [1.82, 2.24) is 20.2 Å². The van der Waals surface area contributed by atoms with Crippen LogP contribution in [0, 0.1) is 6.92 Å². The molecule has 0 spiro atoms. The Hall–Kier alpha value is -2.01. The summed E-state index contributed by atoms with van der Waals surface area (Å²) in [4.78, 5) is 8.85. The molecular weight excluding hydrogens is 322 g/mol. The van der Waals surface area contributed by atoms with Gasteiger partial charge in [0, 0.05) is 37.1 Å². The lowest BCUT2D eigenvalue weighted by Crippen LogP contribution is -2.37. The number of rotatable bonds is 8. The lowest BCUT2D eigenvalue weighted by molar-refractivity contribution is 0.588. The van der Waals surface area contributed by atoms with E-state index in [4.69, 9.17) is 11.6 Å². The number of guanidine groups is 1. The van der Waals surface area contributed by atoms with E-state index in [2.05, 4.69) is 32.1 Å². The maximum absolute atomic E-state index is 5.90. The summed E-state index contributed by atoms with van der Waals surface area (Å²) in [6, 6.07) is 7.79. The average Bonchev–Trinajstić information content (AvgIpc) is 2.99. The summed E-state index contributed by atoms with van der Waals surface area (Å²) < 4.78 is 2.18. The smallest absolute Gasteiger partial charge is 0.191 e. The van der Waals surface area contributed by atoms with Crippen LogP contribution in [0.25, 0.3) is 0 Å². The Labute approximate surface area is 149 Å². The van der Waals surface area contributed by atoms with Crippen LogP contribution in [0.4, 0.5) is 0 Å². The molecule has 2 aromatic rings. The number of aryl methyl sites for hydroxylation is 2. The molecule has 0 radical (unpaired) electrons. The van der Waals surface area contributed by atoms with Crippen LogP contribution < -0.4 is 10.6 Å². The third-order valence-electron chi connectivity index (χ3n) is 3.72. The van der Waals surface area contributed by atoms with Gasteiger partial charge in [-0.2, -0.15) is 0 Å². The number of hydrogen-bond acceptors (Lipinski definition) is 2. The van der Waals surface area contributed by atoms with E-state index in [0.29, 0.717) is 6.54 Å². The fourth-order valence-electron chi connectivity index (χ4n) is 2.36. The molecule has 0 saturated heterocycles. The number of unbranched alkanes of at least 4 members (excludes halogenated alkanes) is 1. The average molecular weight is 348 g/mol. The van der Waals surface area contributed by atoms with Gasteiger partial charge >= 0.3 is 0 Å². The molecule has 0 fully saturated rings. The third-order valence-corrected chi connectivity index (χ3v) is 3.97. The van der Waals surface area contributed by atoms with Gasteiger partial charge in [0.15, 0.2) is 5.96 Å². The van der Waals surface area contributed by atoms with Crippen LogP contribution in [0.2, 0.25) is 5.02 Å². The molecule has 0 amide bonds. The molecule has 0 aliphatic heterocycles. The summed E-state index contributed by atoms with van der Waals surface area (Å²) in [6.45, 7) is 7.50. The van der Waals surface area contributed by atoms with Crippen molar-refractivity contribution in [2.75, 3.05) is 13.1 Å².